The molecule has 0 unspecified atom stereocenters. The van der Waals surface area contributed by atoms with Crippen LogP contribution in [0.15, 0.2) is 42.5 Å². The van der Waals surface area contributed by atoms with Gasteiger partial charge in [-0.2, -0.15) is 0 Å². The molecule has 0 fully saturated rings. The molecule has 1 heterocycles. The van der Waals surface area contributed by atoms with E-state index in [0.29, 0.717) is 12.2 Å². The Labute approximate surface area is 147 Å². The molecule has 6 heteroatoms. The minimum Gasteiger partial charge on any atom is -0.491 e. The van der Waals surface area contributed by atoms with Gasteiger partial charge in [0.1, 0.15) is 17.1 Å². The number of hydrogen-bond acceptors (Lipinski definition) is 4. The molecule has 2 N–H and O–H groups in total. The topological polar surface area (TPSA) is 80.3 Å². The van der Waals surface area contributed by atoms with Crippen LogP contribution in [0.25, 0.3) is 0 Å². The quantitative estimate of drug-likeness (QED) is 0.810. The van der Waals surface area contributed by atoms with Crippen LogP contribution in [-0.4, -0.2) is 29.4 Å². The van der Waals surface area contributed by atoms with E-state index in [2.05, 4.69) is 15.6 Å². The highest BCUT2D eigenvalue weighted by Gasteiger charge is 2.12. The second kappa shape index (κ2) is 8.82. The summed E-state index contributed by atoms with van der Waals surface area (Å²) in [5.74, 6) is 0.0788. The van der Waals surface area contributed by atoms with Crippen molar-refractivity contribution in [3.05, 3.63) is 53.9 Å². The summed E-state index contributed by atoms with van der Waals surface area (Å²) in [6, 6.07) is 11.9. The van der Waals surface area contributed by atoms with E-state index in [0.717, 1.165) is 12.2 Å². The first kappa shape index (κ1) is 18.4. The fourth-order valence-electron chi connectivity index (χ4n) is 2.10. The molecule has 0 bridgehead atoms. The molecule has 1 aromatic heterocycles. The molecular weight excluding hydrogens is 318 g/mol. The van der Waals surface area contributed by atoms with Gasteiger partial charge < -0.3 is 15.4 Å². The van der Waals surface area contributed by atoms with Crippen LogP contribution in [-0.2, 0) is 0 Å². The Bertz CT molecular complexity index is 727. The Morgan fingerprint density at radius 2 is 1.68 bits per heavy atom. The summed E-state index contributed by atoms with van der Waals surface area (Å²) in [5.41, 5.74) is 1.04. The van der Waals surface area contributed by atoms with Gasteiger partial charge in [-0.05, 0) is 56.7 Å². The average Bonchev–Trinajstić information content (AvgIpc) is 2.61. The largest absolute Gasteiger partial charge is 0.491 e. The molecule has 0 aliphatic heterocycles. The summed E-state index contributed by atoms with van der Waals surface area (Å²) in [6.45, 7) is 6.44. The number of anilines is 1. The minimum absolute atomic E-state index is 0.0891. The summed E-state index contributed by atoms with van der Waals surface area (Å²) >= 11 is 0. The number of amides is 2. The Morgan fingerprint density at radius 3 is 2.28 bits per heavy atom. The third-order valence-corrected chi connectivity index (χ3v) is 3.23. The van der Waals surface area contributed by atoms with Crippen LogP contribution in [0, 0.1) is 0 Å². The fourth-order valence-corrected chi connectivity index (χ4v) is 2.10. The number of rotatable bonds is 7. The lowest BCUT2D eigenvalue weighted by molar-refractivity contribution is 0.0948. The number of carbonyl (C=O) groups is 2. The van der Waals surface area contributed by atoms with E-state index in [4.69, 9.17) is 4.74 Å². The lowest BCUT2D eigenvalue weighted by atomic mass is 10.2. The molecule has 0 atom stereocenters. The van der Waals surface area contributed by atoms with Crippen molar-refractivity contribution >= 4 is 17.5 Å². The first-order valence-electron chi connectivity index (χ1n) is 8.33. The number of ether oxygens (including phenoxy) is 1. The summed E-state index contributed by atoms with van der Waals surface area (Å²) in [4.78, 5) is 28.4. The molecule has 1 aromatic carbocycles. The van der Waals surface area contributed by atoms with Gasteiger partial charge in [-0.15, -0.1) is 0 Å². The normalized spacial score (nSPS) is 10.4. The van der Waals surface area contributed by atoms with Crippen molar-refractivity contribution in [1.29, 1.82) is 0 Å². The van der Waals surface area contributed by atoms with E-state index >= 15 is 0 Å². The summed E-state index contributed by atoms with van der Waals surface area (Å²) < 4.78 is 5.56. The molecule has 2 rings (SSSR count). The van der Waals surface area contributed by atoms with E-state index in [-0.39, 0.29) is 29.3 Å². The van der Waals surface area contributed by atoms with Gasteiger partial charge in [0, 0.05) is 12.2 Å². The van der Waals surface area contributed by atoms with Gasteiger partial charge in [-0.1, -0.05) is 13.0 Å². The average molecular weight is 341 g/mol. The smallest absolute Gasteiger partial charge is 0.274 e. The zero-order valence-electron chi connectivity index (χ0n) is 14.7. The molecule has 0 aliphatic carbocycles. The number of nitrogens with one attached hydrogen (secondary N) is 2. The van der Waals surface area contributed by atoms with Gasteiger partial charge in [0.05, 0.1) is 6.10 Å². The van der Waals surface area contributed by atoms with Crippen molar-refractivity contribution in [2.24, 2.45) is 0 Å². The van der Waals surface area contributed by atoms with Gasteiger partial charge in [-0.25, -0.2) is 4.98 Å². The number of hydrogen-bond donors (Lipinski definition) is 2. The molecule has 25 heavy (non-hydrogen) atoms. The van der Waals surface area contributed by atoms with Gasteiger partial charge in [0.2, 0.25) is 0 Å². The molecular formula is C19H23N3O3. The van der Waals surface area contributed by atoms with Gasteiger partial charge in [-0.3, -0.25) is 9.59 Å². The summed E-state index contributed by atoms with van der Waals surface area (Å²) in [6.07, 6.45) is 0.925. The fraction of sp³-hybridized carbons (Fsp3) is 0.316. The first-order chi connectivity index (χ1) is 12.0. The molecule has 0 spiro atoms. The van der Waals surface area contributed by atoms with E-state index in [1.807, 2.05) is 20.8 Å². The monoisotopic (exact) mass is 341 g/mol. The zero-order chi connectivity index (χ0) is 18.2. The van der Waals surface area contributed by atoms with Crippen LogP contribution in [0.3, 0.4) is 0 Å². The molecule has 0 radical (unpaired) electrons. The predicted octanol–water partition coefficient (Wildman–Crippen LogP) is 3.26. The third-order valence-electron chi connectivity index (χ3n) is 3.23. The Morgan fingerprint density at radius 1 is 1.04 bits per heavy atom. The number of aromatic nitrogens is 1. The lowest BCUT2D eigenvalue weighted by Gasteiger charge is -2.10. The highest BCUT2D eigenvalue weighted by molar-refractivity contribution is 6.03. The SMILES string of the molecule is CCCNC(=O)c1cccc(C(=O)Nc2ccc(OC(C)C)cc2)n1. The second-order valence-corrected chi connectivity index (χ2v) is 5.81. The first-order valence-corrected chi connectivity index (χ1v) is 8.33. The third kappa shape index (κ3) is 5.60. The maximum Gasteiger partial charge on any atom is 0.274 e. The Hall–Kier alpha value is -2.89. The lowest BCUT2D eigenvalue weighted by Crippen LogP contribution is -2.26. The Kier molecular flexibility index (Phi) is 6.51. The van der Waals surface area contributed by atoms with Gasteiger partial charge in [0.15, 0.2) is 0 Å². The standard InChI is InChI=1S/C19H23N3O3/c1-4-12-20-18(23)16-6-5-7-17(22-16)19(24)21-14-8-10-15(11-9-14)25-13(2)3/h5-11,13H,4,12H2,1-3H3,(H,20,23)(H,21,24). The van der Waals surface area contributed by atoms with E-state index in [1.165, 1.54) is 0 Å². The van der Waals surface area contributed by atoms with E-state index in [1.54, 1.807) is 42.5 Å². The maximum atomic E-state index is 12.3. The number of carbonyl (C=O) groups excluding carboxylic acids is 2. The van der Waals surface area contributed by atoms with E-state index < -0.39 is 0 Å². The zero-order valence-corrected chi connectivity index (χ0v) is 14.7. The molecule has 2 amide bonds. The summed E-state index contributed by atoms with van der Waals surface area (Å²) in [7, 11) is 0. The van der Waals surface area contributed by atoms with Crippen LogP contribution in [0.5, 0.6) is 5.75 Å². The summed E-state index contributed by atoms with van der Waals surface area (Å²) in [5, 5.41) is 5.50. The number of benzene rings is 1. The van der Waals surface area contributed by atoms with Crippen molar-refractivity contribution in [1.82, 2.24) is 10.3 Å². The maximum absolute atomic E-state index is 12.3. The van der Waals surface area contributed by atoms with Crippen LogP contribution in [0.4, 0.5) is 5.69 Å². The predicted molar refractivity (Wildman–Crippen MR) is 97.0 cm³/mol. The van der Waals surface area contributed by atoms with Gasteiger partial charge in [0.25, 0.3) is 11.8 Å². The van der Waals surface area contributed by atoms with Crippen molar-refractivity contribution in [2.45, 2.75) is 33.3 Å². The van der Waals surface area contributed by atoms with Crippen LogP contribution >= 0.6 is 0 Å². The molecule has 0 aliphatic rings. The van der Waals surface area contributed by atoms with E-state index in [9.17, 15) is 9.59 Å². The molecule has 0 saturated carbocycles. The highest BCUT2D eigenvalue weighted by atomic mass is 16.5. The second-order valence-electron chi connectivity index (χ2n) is 5.81. The van der Waals surface area contributed by atoms with Gasteiger partial charge >= 0.3 is 0 Å². The highest BCUT2D eigenvalue weighted by Crippen LogP contribution is 2.17. The molecule has 2 aromatic rings. The number of pyridine rings is 1. The van der Waals surface area contributed by atoms with Crippen LogP contribution < -0.4 is 15.4 Å². The molecule has 6 nitrogen and oxygen atoms in total. The molecule has 132 valence electrons. The van der Waals surface area contributed by atoms with Crippen molar-refractivity contribution < 1.29 is 14.3 Å². The van der Waals surface area contributed by atoms with Crippen LogP contribution in [0.1, 0.15) is 48.2 Å². The number of nitrogens with zero attached hydrogens (tertiary/aromatic N) is 1. The van der Waals surface area contributed by atoms with Crippen LogP contribution in [0.2, 0.25) is 0 Å². The minimum atomic E-state index is -0.373. The van der Waals surface area contributed by atoms with Crippen molar-refractivity contribution in [3.63, 3.8) is 0 Å². The van der Waals surface area contributed by atoms with Crippen molar-refractivity contribution in [3.8, 4) is 5.75 Å². The van der Waals surface area contributed by atoms with Crippen molar-refractivity contribution in [2.75, 3.05) is 11.9 Å². The molecule has 0 saturated heterocycles. The Balaban J connectivity index is 2.04.